The van der Waals surface area contributed by atoms with Crippen molar-refractivity contribution in [2.75, 3.05) is 4.90 Å². The van der Waals surface area contributed by atoms with E-state index in [0.717, 1.165) is 12.0 Å². The van der Waals surface area contributed by atoms with Gasteiger partial charge in [0.25, 0.3) is 11.7 Å². The molecule has 6 nitrogen and oxygen atoms in total. The van der Waals surface area contributed by atoms with E-state index in [1.807, 2.05) is 45.0 Å². The minimum atomic E-state index is -0.805. The van der Waals surface area contributed by atoms with E-state index in [9.17, 15) is 14.7 Å². The fourth-order valence-electron chi connectivity index (χ4n) is 3.99. The topological polar surface area (TPSA) is 79.7 Å². The highest BCUT2D eigenvalue weighted by molar-refractivity contribution is 6.51. The van der Waals surface area contributed by atoms with Gasteiger partial charge in [-0.15, -0.1) is 0 Å². The Morgan fingerprint density at radius 2 is 1.85 bits per heavy atom. The van der Waals surface area contributed by atoms with E-state index in [0.29, 0.717) is 22.6 Å². The number of aliphatic hydroxyl groups is 1. The average Bonchev–Trinajstić information content (AvgIpc) is 3.09. The van der Waals surface area contributed by atoms with Crippen molar-refractivity contribution < 1.29 is 19.4 Å². The molecule has 2 aromatic carbocycles. The number of nitrogens with zero attached hydrogens (tertiary/aromatic N) is 2. The number of benzene rings is 2. The van der Waals surface area contributed by atoms with Gasteiger partial charge in [0.2, 0.25) is 0 Å². The predicted octanol–water partition coefficient (Wildman–Crippen LogP) is 5.06. The molecule has 1 aliphatic heterocycles. The third-order valence-corrected chi connectivity index (χ3v) is 5.55. The smallest absolute Gasteiger partial charge is 0.300 e. The van der Waals surface area contributed by atoms with Crippen molar-refractivity contribution in [3.05, 3.63) is 95.3 Å². The Hall–Kier alpha value is -3.93. The van der Waals surface area contributed by atoms with Gasteiger partial charge in [0.05, 0.1) is 17.7 Å². The molecule has 1 aromatic heterocycles. The average molecular weight is 443 g/mol. The van der Waals surface area contributed by atoms with Crippen LogP contribution in [0.3, 0.4) is 0 Å². The fraction of sp³-hybridized carbons (Fsp3) is 0.222. The van der Waals surface area contributed by atoms with E-state index in [-0.39, 0.29) is 17.4 Å². The minimum absolute atomic E-state index is 0.0225. The predicted molar refractivity (Wildman–Crippen MR) is 127 cm³/mol. The Morgan fingerprint density at radius 3 is 2.48 bits per heavy atom. The number of anilines is 1. The number of carbonyl (C=O) groups is 2. The zero-order chi connectivity index (χ0) is 23.5. The molecule has 33 heavy (non-hydrogen) atoms. The number of aryl methyl sites for hydroxylation is 1. The second-order valence-corrected chi connectivity index (χ2v) is 8.17. The largest absolute Gasteiger partial charge is 0.507 e. The van der Waals surface area contributed by atoms with Crippen LogP contribution < -0.4 is 9.64 Å². The van der Waals surface area contributed by atoms with Crippen molar-refractivity contribution in [1.82, 2.24) is 4.98 Å². The van der Waals surface area contributed by atoms with Crippen LogP contribution in [0.5, 0.6) is 5.75 Å². The summed E-state index contributed by atoms with van der Waals surface area (Å²) < 4.78 is 5.73. The Bertz CT molecular complexity index is 1200. The molecule has 0 aliphatic carbocycles. The molecule has 3 aromatic rings. The Morgan fingerprint density at radius 1 is 1.09 bits per heavy atom. The maximum absolute atomic E-state index is 13.2. The summed E-state index contributed by atoms with van der Waals surface area (Å²) in [5, 5.41) is 11.2. The number of ether oxygens (including phenoxy) is 1. The van der Waals surface area contributed by atoms with E-state index in [1.165, 1.54) is 4.90 Å². The molecule has 0 radical (unpaired) electrons. The van der Waals surface area contributed by atoms with Crippen molar-refractivity contribution in [1.29, 1.82) is 0 Å². The highest BCUT2D eigenvalue weighted by Crippen LogP contribution is 2.42. The van der Waals surface area contributed by atoms with Crippen molar-refractivity contribution >= 4 is 23.1 Å². The maximum Gasteiger partial charge on any atom is 0.300 e. The molecule has 0 bridgehead atoms. The maximum atomic E-state index is 13.2. The number of Topliss-reactive ketones (excluding diaryl/α,β-unsaturated/α-hetero) is 1. The molecule has 1 saturated heterocycles. The molecule has 1 N–H and O–H groups in total. The molecule has 1 fully saturated rings. The first-order chi connectivity index (χ1) is 15.9. The number of aromatic nitrogens is 1. The third-order valence-electron chi connectivity index (χ3n) is 5.55. The van der Waals surface area contributed by atoms with Gasteiger partial charge in [0.15, 0.2) is 0 Å². The molecule has 6 heteroatoms. The number of hydrogen-bond donors (Lipinski definition) is 1. The van der Waals surface area contributed by atoms with Crippen LogP contribution >= 0.6 is 0 Å². The highest BCUT2D eigenvalue weighted by atomic mass is 16.5. The lowest BCUT2D eigenvalue weighted by Gasteiger charge is -2.25. The number of hydrogen-bond acceptors (Lipinski definition) is 5. The number of amides is 1. The first-order valence-corrected chi connectivity index (χ1v) is 11.0. The van der Waals surface area contributed by atoms with Crippen LogP contribution in [0.1, 0.15) is 43.5 Å². The fourth-order valence-corrected chi connectivity index (χ4v) is 3.99. The molecule has 1 aliphatic rings. The van der Waals surface area contributed by atoms with E-state index in [4.69, 9.17) is 4.74 Å². The van der Waals surface area contributed by atoms with E-state index in [1.54, 1.807) is 48.8 Å². The Balaban J connectivity index is 1.87. The van der Waals surface area contributed by atoms with Gasteiger partial charge in [-0.2, -0.15) is 0 Å². The lowest BCUT2D eigenvalue weighted by atomic mass is 9.96. The number of pyridine rings is 1. The Kier molecular flexibility index (Phi) is 6.27. The van der Waals surface area contributed by atoms with Crippen LogP contribution in [-0.2, 0) is 16.0 Å². The van der Waals surface area contributed by atoms with Crippen LogP contribution in [0, 0.1) is 0 Å². The number of aliphatic hydroxyl groups excluding tert-OH is 1. The molecule has 2 heterocycles. The molecular weight excluding hydrogens is 416 g/mol. The lowest BCUT2D eigenvalue weighted by molar-refractivity contribution is -0.132. The van der Waals surface area contributed by atoms with Crippen molar-refractivity contribution in [3.63, 3.8) is 0 Å². The van der Waals surface area contributed by atoms with Gasteiger partial charge < -0.3 is 9.84 Å². The lowest BCUT2D eigenvalue weighted by Crippen LogP contribution is -2.29. The highest BCUT2D eigenvalue weighted by Gasteiger charge is 2.47. The second kappa shape index (κ2) is 9.28. The number of carbonyl (C=O) groups excluding carboxylic acids is 2. The minimum Gasteiger partial charge on any atom is -0.507 e. The summed E-state index contributed by atoms with van der Waals surface area (Å²) in [4.78, 5) is 32.0. The van der Waals surface area contributed by atoms with Gasteiger partial charge in [-0.05, 0) is 61.7 Å². The van der Waals surface area contributed by atoms with Gasteiger partial charge in [0, 0.05) is 23.6 Å². The summed E-state index contributed by atoms with van der Waals surface area (Å²) >= 11 is 0. The van der Waals surface area contributed by atoms with E-state index in [2.05, 4.69) is 4.98 Å². The molecule has 4 rings (SSSR count). The van der Waals surface area contributed by atoms with Gasteiger partial charge in [-0.3, -0.25) is 19.5 Å². The molecule has 1 unspecified atom stereocenters. The van der Waals surface area contributed by atoms with Crippen LogP contribution in [0.15, 0.2) is 78.6 Å². The normalized spacial score (nSPS) is 17.6. The molecular formula is C27H26N2O4. The van der Waals surface area contributed by atoms with Crippen LogP contribution in [-0.4, -0.2) is 27.9 Å². The van der Waals surface area contributed by atoms with Gasteiger partial charge >= 0.3 is 0 Å². The molecule has 1 amide bonds. The number of rotatable bonds is 6. The molecule has 0 saturated carbocycles. The van der Waals surface area contributed by atoms with Gasteiger partial charge in [-0.1, -0.05) is 37.3 Å². The van der Waals surface area contributed by atoms with Crippen molar-refractivity contribution in [2.45, 2.75) is 39.3 Å². The standard InChI is InChI=1S/C27H26N2O4/c1-4-18-10-12-21(13-11-18)29-24(20-8-6-14-28-16-20)23(26(31)27(29)32)25(30)19-7-5-9-22(15-19)33-17(2)3/h5-17,24,30H,4H2,1-3H3/b25-23-. The summed E-state index contributed by atoms with van der Waals surface area (Å²) in [6, 6.07) is 17.1. The van der Waals surface area contributed by atoms with Gasteiger partial charge in [-0.25, -0.2) is 0 Å². The van der Waals surface area contributed by atoms with Gasteiger partial charge in [0.1, 0.15) is 11.5 Å². The molecule has 0 spiro atoms. The quantitative estimate of drug-likeness (QED) is 0.328. The Labute approximate surface area is 193 Å². The summed E-state index contributed by atoms with van der Waals surface area (Å²) in [6.45, 7) is 5.86. The first-order valence-electron chi connectivity index (χ1n) is 11.0. The van der Waals surface area contributed by atoms with E-state index < -0.39 is 17.7 Å². The molecule has 1 atom stereocenters. The van der Waals surface area contributed by atoms with Crippen LogP contribution in [0.4, 0.5) is 5.69 Å². The van der Waals surface area contributed by atoms with Crippen molar-refractivity contribution in [3.8, 4) is 5.75 Å². The summed E-state index contributed by atoms with van der Waals surface area (Å²) in [5.41, 5.74) is 2.76. The first kappa shape index (κ1) is 22.3. The number of ketones is 1. The zero-order valence-electron chi connectivity index (χ0n) is 18.9. The molecule has 168 valence electrons. The zero-order valence-corrected chi connectivity index (χ0v) is 18.9. The van der Waals surface area contributed by atoms with E-state index >= 15 is 0 Å². The SMILES string of the molecule is CCc1ccc(N2C(=O)C(=O)/C(=C(\O)c3cccc(OC(C)C)c3)C2c2cccnc2)cc1. The summed E-state index contributed by atoms with van der Waals surface area (Å²) in [6.07, 6.45) is 4.04. The van der Waals surface area contributed by atoms with Crippen LogP contribution in [0.2, 0.25) is 0 Å². The second-order valence-electron chi connectivity index (χ2n) is 8.17. The summed E-state index contributed by atoms with van der Waals surface area (Å²) in [7, 11) is 0. The monoisotopic (exact) mass is 442 g/mol. The van der Waals surface area contributed by atoms with Crippen LogP contribution in [0.25, 0.3) is 5.76 Å². The van der Waals surface area contributed by atoms with Crippen molar-refractivity contribution in [2.24, 2.45) is 0 Å². The summed E-state index contributed by atoms with van der Waals surface area (Å²) in [5.74, 6) is -1.11. The third kappa shape index (κ3) is 4.37.